The monoisotopic (exact) mass is 336 g/mol. The van der Waals surface area contributed by atoms with Crippen molar-refractivity contribution in [3.05, 3.63) is 65.7 Å². The first-order valence-electron chi connectivity index (χ1n) is 9.06. The summed E-state index contributed by atoms with van der Waals surface area (Å²) in [5.41, 5.74) is 3.22. The van der Waals surface area contributed by atoms with Gasteiger partial charge in [0, 0.05) is 37.4 Å². The number of hydrogen-bond acceptors (Lipinski definition) is 4. The van der Waals surface area contributed by atoms with Gasteiger partial charge in [0.15, 0.2) is 0 Å². The summed E-state index contributed by atoms with van der Waals surface area (Å²) in [6.07, 6.45) is 1.23. The molecule has 130 valence electrons. The van der Waals surface area contributed by atoms with Crippen LogP contribution in [-0.4, -0.2) is 42.6 Å². The summed E-state index contributed by atoms with van der Waals surface area (Å²) in [7, 11) is 0. The number of fused-ring (bicyclic) bond motifs is 2. The fourth-order valence-electron chi connectivity index (χ4n) is 4.08. The van der Waals surface area contributed by atoms with Crippen molar-refractivity contribution in [3.8, 4) is 0 Å². The van der Waals surface area contributed by atoms with Crippen molar-refractivity contribution in [2.45, 2.75) is 32.0 Å². The van der Waals surface area contributed by atoms with Gasteiger partial charge in [-0.25, -0.2) is 4.79 Å². The van der Waals surface area contributed by atoms with Gasteiger partial charge < -0.3 is 9.64 Å². The lowest BCUT2D eigenvalue weighted by Gasteiger charge is -2.35. The van der Waals surface area contributed by atoms with E-state index >= 15 is 0 Å². The number of nitrogens with zero attached hydrogens (tertiary/aromatic N) is 2. The van der Waals surface area contributed by atoms with E-state index in [1.54, 1.807) is 0 Å². The van der Waals surface area contributed by atoms with Gasteiger partial charge in [-0.1, -0.05) is 30.3 Å². The molecule has 2 aromatic carbocycles. The van der Waals surface area contributed by atoms with Crippen LogP contribution >= 0.6 is 0 Å². The lowest BCUT2D eigenvalue weighted by atomic mass is 10.1. The Bertz CT molecular complexity index is 729. The lowest BCUT2D eigenvalue weighted by molar-refractivity contribution is 0.0526. The Labute approximate surface area is 149 Å². The smallest absolute Gasteiger partial charge is 0.338 e. The van der Waals surface area contributed by atoms with Gasteiger partial charge in [-0.15, -0.1) is 0 Å². The molecule has 0 radical (unpaired) electrons. The fourth-order valence-corrected chi connectivity index (χ4v) is 4.08. The van der Waals surface area contributed by atoms with Crippen molar-refractivity contribution >= 4 is 11.7 Å². The normalized spacial score (nSPS) is 22.4. The first-order valence-corrected chi connectivity index (χ1v) is 9.06. The number of anilines is 1. The van der Waals surface area contributed by atoms with Crippen molar-refractivity contribution in [1.29, 1.82) is 0 Å². The maximum atomic E-state index is 11.8. The highest BCUT2D eigenvalue weighted by Crippen LogP contribution is 2.35. The average Bonchev–Trinajstić information content (AvgIpc) is 3.23. The number of esters is 1. The van der Waals surface area contributed by atoms with E-state index in [9.17, 15) is 4.79 Å². The molecule has 0 saturated carbocycles. The molecule has 0 spiro atoms. The van der Waals surface area contributed by atoms with Crippen LogP contribution in [0.15, 0.2) is 54.6 Å². The predicted molar refractivity (Wildman–Crippen MR) is 98.8 cm³/mol. The molecule has 4 rings (SSSR count). The molecule has 25 heavy (non-hydrogen) atoms. The molecule has 0 amide bonds. The molecular weight excluding hydrogens is 312 g/mol. The van der Waals surface area contributed by atoms with Crippen LogP contribution in [-0.2, 0) is 11.3 Å². The molecule has 0 N–H and O–H groups in total. The molecular formula is C21H24N2O2. The minimum atomic E-state index is -0.244. The van der Waals surface area contributed by atoms with Crippen LogP contribution in [0.25, 0.3) is 0 Å². The van der Waals surface area contributed by atoms with Crippen molar-refractivity contribution in [2.75, 3.05) is 24.6 Å². The maximum Gasteiger partial charge on any atom is 0.338 e. The van der Waals surface area contributed by atoms with E-state index in [4.69, 9.17) is 4.74 Å². The molecule has 0 aliphatic carbocycles. The zero-order chi connectivity index (χ0) is 17.2. The Hall–Kier alpha value is -2.33. The highest BCUT2D eigenvalue weighted by Gasteiger charge is 2.42. The second-order valence-corrected chi connectivity index (χ2v) is 6.88. The van der Waals surface area contributed by atoms with Crippen molar-refractivity contribution < 1.29 is 9.53 Å². The summed E-state index contributed by atoms with van der Waals surface area (Å²) in [5.74, 6) is -0.244. The third kappa shape index (κ3) is 3.27. The van der Waals surface area contributed by atoms with Crippen molar-refractivity contribution in [2.24, 2.45) is 0 Å². The predicted octanol–water partition coefficient (Wildman–Crippen LogP) is 3.33. The van der Waals surface area contributed by atoms with Crippen LogP contribution in [0.2, 0.25) is 0 Å². The number of rotatable bonds is 5. The SMILES string of the molecule is CCOC(=O)c1ccc(N2CC3CC2CN3Cc2ccccc2)cc1. The first-order chi connectivity index (χ1) is 12.2. The van der Waals surface area contributed by atoms with E-state index in [2.05, 4.69) is 52.3 Å². The second-order valence-electron chi connectivity index (χ2n) is 6.88. The van der Waals surface area contributed by atoms with Gasteiger partial charge in [0.25, 0.3) is 0 Å². The first kappa shape index (κ1) is 16.2. The molecule has 2 aromatic rings. The molecule has 2 aliphatic rings. The van der Waals surface area contributed by atoms with E-state index in [-0.39, 0.29) is 5.97 Å². The maximum absolute atomic E-state index is 11.8. The van der Waals surface area contributed by atoms with Crippen molar-refractivity contribution in [1.82, 2.24) is 4.90 Å². The van der Waals surface area contributed by atoms with Crippen LogP contribution in [0.4, 0.5) is 5.69 Å². The van der Waals surface area contributed by atoms with Crippen molar-refractivity contribution in [3.63, 3.8) is 0 Å². The Morgan fingerprint density at radius 2 is 1.80 bits per heavy atom. The highest BCUT2D eigenvalue weighted by molar-refractivity contribution is 5.89. The molecule has 2 saturated heterocycles. The average molecular weight is 336 g/mol. The Balaban J connectivity index is 1.40. The number of benzene rings is 2. The van der Waals surface area contributed by atoms with Crippen LogP contribution in [0.3, 0.4) is 0 Å². The number of carbonyl (C=O) groups is 1. The van der Waals surface area contributed by atoms with E-state index in [0.29, 0.717) is 24.3 Å². The van der Waals surface area contributed by atoms with Gasteiger partial charge in [-0.2, -0.15) is 0 Å². The van der Waals surface area contributed by atoms with Crippen LogP contribution in [0, 0.1) is 0 Å². The highest BCUT2D eigenvalue weighted by atomic mass is 16.5. The third-order valence-corrected chi connectivity index (χ3v) is 5.29. The summed E-state index contributed by atoms with van der Waals surface area (Å²) in [5, 5.41) is 0. The molecule has 2 unspecified atom stereocenters. The molecule has 2 aliphatic heterocycles. The lowest BCUT2D eigenvalue weighted by Crippen LogP contribution is -2.46. The molecule has 2 atom stereocenters. The quantitative estimate of drug-likeness (QED) is 0.784. The van der Waals surface area contributed by atoms with E-state index in [1.165, 1.54) is 17.7 Å². The van der Waals surface area contributed by atoms with Gasteiger partial charge >= 0.3 is 5.97 Å². The number of carbonyl (C=O) groups excluding carboxylic acids is 1. The minimum absolute atomic E-state index is 0.244. The molecule has 2 bridgehead atoms. The second kappa shape index (κ2) is 6.89. The van der Waals surface area contributed by atoms with Crippen LogP contribution in [0.5, 0.6) is 0 Å². The zero-order valence-electron chi connectivity index (χ0n) is 14.6. The third-order valence-electron chi connectivity index (χ3n) is 5.29. The minimum Gasteiger partial charge on any atom is -0.462 e. The van der Waals surface area contributed by atoms with E-state index < -0.39 is 0 Å². The Kier molecular flexibility index (Phi) is 4.45. The topological polar surface area (TPSA) is 32.8 Å². The summed E-state index contributed by atoms with van der Waals surface area (Å²) in [4.78, 5) is 16.9. The molecule has 4 nitrogen and oxygen atoms in total. The number of piperazine rings is 1. The van der Waals surface area contributed by atoms with Gasteiger partial charge in [0.1, 0.15) is 0 Å². The molecule has 0 aromatic heterocycles. The summed E-state index contributed by atoms with van der Waals surface area (Å²) in [6.45, 7) is 5.45. The standard InChI is InChI=1S/C21H24N2O2/c1-2-25-21(24)17-8-10-18(11-9-17)23-15-19-12-20(23)14-22(19)13-16-6-4-3-5-7-16/h3-11,19-20H,2,12-15H2,1H3. The summed E-state index contributed by atoms with van der Waals surface area (Å²) in [6, 6.07) is 19.8. The Morgan fingerprint density at radius 3 is 2.44 bits per heavy atom. The summed E-state index contributed by atoms with van der Waals surface area (Å²) < 4.78 is 5.05. The van der Waals surface area contributed by atoms with E-state index in [1.807, 2.05) is 19.1 Å². The van der Waals surface area contributed by atoms with Gasteiger partial charge in [0.05, 0.1) is 12.2 Å². The molecule has 2 fully saturated rings. The molecule has 4 heteroatoms. The number of ether oxygens (including phenoxy) is 1. The number of likely N-dealkylation sites (tertiary alicyclic amines) is 1. The van der Waals surface area contributed by atoms with Crippen LogP contribution < -0.4 is 4.90 Å². The fraction of sp³-hybridized carbons (Fsp3) is 0.381. The Morgan fingerprint density at radius 1 is 1.04 bits per heavy atom. The zero-order valence-corrected chi connectivity index (χ0v) is 14.6. The van der Waals surface area contributed by atoms with Gasteiger partial charge in [-0.3, -0.25) is 4.90 Å². The van der Waals surface area contributed by atoms with Crippen LogP contribution in [0.1, 0.15) is 29.3 Å². The largest absolute Gasteiger partial charge is 0.462 e. The van der Waals surface area contributed by atoms with E-state index in [0.717, 1.165) is 19.6 Å². The van der Waals surface area contributed by atoms with Gasteiger partial charge in [-0.05, 0) is 43.2 Å². The number of hydrogen-bond donors (Lipinski definition) is 0. The molecule has 2 heterocycles. The van der Waals surface area contributed by atoms with Gasteiger partial charge in [0.2, 0.25) is 0 Å². The summed E-state index contributed by atoms with van der Waals surface area (Å²) >= 11 is 0.